The smallest absolute Gasteiger partial charge is 0.0648 e. The fourth-order valence-corrected chi connectivity index (χ4v) is 2.14. The van der Waals surface area contributed by atoms with Crippen molar-refractivity contribution in [2.45, 2.75) is 19.9 Å². The quantitative estimate of drug-likeness (QED) is 0.743. The molecular formula is C11H13ClN2. The SMILES string of the molecule is Cc1[nH]c2c(Cl)cccc2c1C(C)N. The molecule has 0 saturated carbocycles. The molecule has 1 heterocycles. The molecule has 0 bridgehead atoms. The minimum absolute atomic E-state index is 0.0298. The Hall–Kier alpha value is -0.990. The molecule has 0 aliphatic carbocycles. The minimum atomic E-state index is 0.0298. The molecule has 2 aromatic rings. The van der Waals surface area contributed by atoms with E-state index in [4.69, 9.17) is 17.3 Å². The van der Waals surface area contributed by atoms with E-state index < -0.39 is 0 Å². The van der Waals surface area contributed by atoms with Gasteiger partial charge in [-0.25, -0.2) is 0 Å². The van der Waals surface area contributed by atoms with Gasteiger partial charge in [-0.05, 0) is 25.5 Å². The molecule has 0 fully saturated rings. The topological polar surface area (TPSA) is 41.8 Å². The van der Waals surface area contributed by atoms with Crippen LogP contribution >= 0.6 is 11.6 Å². The number of halogens is 1. The predicted octanol–water partition coefficient (Wildman–Crippen LogP) is 3.15. The molecule has 2 rings (SSSR count). The Labute approximate surface area is 88.1 Å². The summed E-state index contributed by atoms with van der Waals surface area (Å²) in [5, 5.41) is 1.88. The van der Waals surface area contributed by atoms with Crippen LogP contribution in [0.3, 0.4) is 0 Å². The van der Waals surface area contributed by atoms with Gasteiger partial charge in [0.05, 0.1) is 10.5 Å². The Morgan fingerprint density at radius 1 is 1.43 bits per heavy atom. The minimum Gasteiger partial charge on any atom is -0.357 e. The second-order valence-electron chi connectivity index (χ2n) is 3.61. The highest BCUT2D eigenvalue weighted by Crippen LogP contribution is 2.30. The Morgan fingerprint density at radius 3 is 2.79 bits per heavy atom. The number of aryl methyl sites for hydroxylation is 1. The highest BCUT2D eigenvalue weighted by Gasteiger charge is 2.12. The van der Waals surface area contributed by atoms with E-state index in [0.717, 1.165) is 27.2 Å². The van der Waals surface area contributed by atoms with Crippen molar-refractivity contribution in [1.82, 2.24) is 4.98 Å². The number of nitrogens with one attached hydrogen (secondary N) is 1. The summed E-state index contributed by atoms with van der Waals surface area (Å²) in [5.74, 6) is 0. The molecule has 1 aromatic heterocycles. The lowest BCUT2D eigenvalue weighted by atomic mass is 10.1. The molecule has 0 aliphatic heterocycles. The molecule has 74 valence electrons. The standard InChI is InChI=1S/C11H13ClN2/c1-6(13)10-7(2)14-11-8(10)4-3-5-9(11)12/h3-6,14H,13H2,1-2H3. The number of hydrogen-bond acceptors (Lipinski definition) is 1. The Morgan fingerprint density at radius 2 is 2.14 bits per heavy atom. The molecule has 14 heavy (non-hydrogen) atoms. The van der Waals surface area contributed by atoms with E-state index in [9.17, 15) is 0 Å². The molecule has 0 aliphatic rings. The van der Waals surface area contributed by atoms with Crippen molar-refractivity contribution in [2.75, 3.05) is 0 Å². The van der Waals surface area contributed by atoms with Gasteiger partial charge in [-0.3, -0.25) is 0 Å². The fourth-order valence-electron chi connectivity index (χ4n) is 1.92. The van der Waals surface area contributed by atoms with Gasteiger partial charge in [-0.2, -0.15) is 0 Å². The summed E-state index contributed by atoms with van der Waals surface area (Å²) in [7, 11) is 0. The number of fused-ring (bicyclic) bond motifs is 1. The average molecular weight is 209 g/mol. The van der Waals surface area contributed by atoms with Crippen molar-refractivity contribution in [1.29, 1.82) is 0 Å². The van der Waals surface area contributed by atoms with Gasteiger partial charge in [-0.15, -0.1) is 0 Å². The summed E-state index contributed by atoms with van der Waals surface area (Å²) in [6.07, 6.45) is 0. The Balaban J connectivity index is 2.83. The largest absolute Gasteiger partial charge is 0.357 e. The first-order valence-corrected chi connectivity index (χ1v) is 5.01. The lowest BCUT2D eigenvalue weighted by Gasteiger charge is -2.04. The number of rotatable bonds is 1. The van der Waals surface area contributed by atoms with E-state index in [-0.39, 0.29) is 6.04 Å². The number of benzene rings is 1. The first-order chi connectivity index (χ1) is 6.61. The summed E-state index contributed by atoms with van der Waals surface area (Å²) in [5.41, 5.74) is 9.15. The number of nitrogens with two attached hydrogens (primary N) is 1. The third-order valence-corrected chi connectivity index (χ3v) is 2.79. The Bertz CT molecular complexity index is 471. The highest BCUT2D eigenvalue weighted by molar-refractivity contribution is 6.35. The summed E-state index contributed by atoms with van der Waals surface area (Å²) in [6.45, 7) is 4.01. The second-order valence-corrected chi connectivity index (χ2v) is 4.02. The zero-order chi connectivity index (χ0) is 10.3. The van der Waals surface area contributed by atoms with Gasteiger partial charge in [0.1, 0.15) is 0 Å². The molecule has 0 saturated heterocycles. The van der Waals surface area contributed by atoms with Gasteiger partial charge in [0.2, 0.25) is 0 Å². The lowest BCUT2D eigenvalue weighted by molar-refractivity contribution is 0.817. The van der Waals surface area contributed by atoms with Crippen LogP contribution in [0.5, 0.6) is 0 Å². The van der Waals surface area contributed by atoms with Crippen LogP contribution in [0.4, 0.5) is 0 Å². The third-order valence-electron chi connectivity index (χ3n) is 2.48. The monoisotopic (exact) mass is 208 g/mol. The molecule has 3 N–H and O–H groups in total. The molecule has 0 radical (unpaired) electrons. The van der Waals surface area contributed by atoms with Gasteiger partial charge in [0.25, 0.3) is 0 Å². The van der Waals surface area contributed by atoms with Gasteiger partial charge >= 0.3 is 0 Å². The first-order valence-electron chi connectivity index (χ1n) is 4.63. The maximum atomic E-state index is 6.07. The van der Waals surface area contributed by atoms with Crippen molar-refractivity contribution in [3.63, 3.8) is 0 Å². The van der Waals surface area contributed by atoms with E-state index in [1.165, 1.54) is 0 Å². The van der Waals surface area contributed by atoms with Gasteiger partial charge in [0, 0.05) is 17.1 Å². The maximum Gasteiger partial charge on any atom is 0.0648 e. The van der Waals surface area contributed by atoms with Gasteiger partial charge in [0.15, 0.2) is 0 Å². The number of para-hydroxylation sites is 1. The summed E-state index contributed by atoms with van der Waals surface area (Å²) >= 11 is 6.07. The van der Waals surface area contributed by atoms with E-state index in [0.29, 0.717) is 0 Å². The average Bonchev–Trinajstić information content (AvgIpc) is 2.42. The molecule has 3 heteroatoms. The van der Waals surface area contributed by atoms with Crippen LogP contribution in [0.25, 0.3) is 10.9 Å². The molecule has 0 spiro atoms. The fraction of sp³-hybridized carbons (Fsp3) is 0.273. The Kier molecular flexibility index (Phi) is 2.25. The zero-order valence-corrected chi connectivity index (χ0v) is 9.02. The molecular weight excluding hydrogens is 196 g/mol. The maximum absolute atomic E-state index is 6.07. The van der Waals surface area contributed by atoms with Crippen molar-refractivity contribution >= 4 is 22.5 Å². The molecule has 1 aromatic carbocycles. The summed E-state index contributed by atoms with van der Waals surface area (Å²) in [4.78, 5) is 3.26. The van der Waals surface area contributed by atoms with Crippen LogP contribution in [0.2, 0.25) is 5.02 Å². The zero-order valence-electron chi connectivity index (χ0n) is 8.26. The summed E-state index contributed by atoms with van der Waals surface area (Å²) in [6, 6.07) is 5.90. The molecule has 1 atom stereocenters. The van der Waals surface area contributed by atoms with Crippen molar-refractivity contribution in [3.05, 3.63) is 34.5 Å². The van der Waals surface area contributed by atoms with E-state index in [2.05, 4.69) is 4.98 Å². The van der Waals surface area contributed by atoms with Crippen LogP contribution in [-0.4, -0.2) is 4.98 Å². The van der Waals surface area contributed by atoms with Crippen LogP contribution in [0.1, 0.15) is 24.2 Å². The van der Waals surface area contributed by atoms with Gasteiger partial charge in [-0.1, -0.05) is 23.7 Å². The lowest BCUT2D eigenvalue weighted by Crippen LogP contribution is -2.05. The normalized spacial score (nSPS) is 13.4. The van der Waals surface area contributed by atoms with Crippen LogP contribution in [0, 0.1) is 6.92 Å². The predicted molar refractivity (Wildman–Crippen MR) is 60.6 cm³/mol. The molecule has 2 nitrogen and oxygen atoms in total. The van der Waals surface area contributed by atoms with Gasteiger partial charge < -0.3 is 10.7 Å². The highest BCUT2D eigenvalue weighted by atomic mass is 35.5. The van der Waals surface area contributed by atoms with Crippen LogP contribution in [-0.2, 0) is 0 Å². The first kappa shape index (κ1) is 9.56. The number of aromatic nitrogens is 1. The van der Waals surface area contributed by atoms with Crippen LogP contribution in [0.15, 0.2) is 18.2 Å². The number of hydrogen-bond donors (Lipinski definition) is 2. The van der Waals surface area contributed by atoms with E-state index >= 15 is 0 Å². The van der Waals surface area contributed by atoms with Crippen LogP contribution < -0.4 is 5.73 Å². The van der Waals surface area contributed by atoms with E-state index in [1.54, 1.807) is 0 Å². The van der Waals surface area contributed by atoms with E-state index in [1.807, 2.05) is 32.0 Å². The second kappa shape index (κ2) is 3.30. The third kappa shape index (κ3) is 1.31. The molecule has 1 unspecified atom stereocenters. The van der Waals surface area contributed by atoms with Crippen molar-refractivity contribution < 1.29 is 0 Å². The number of H-pyrrole nitrogens is 1. The summed E-state index contributed by atoms with van der Waals surface area (Å²) < 4.78 is 0. The molecule has 0 amide bonds. The van der Waals surface area contributed by atoms with Crippen molar-refractivity contribution in [2.24, 2.45) is 5.73 Å². The van der Waals surface area contributed by atoms with Crippen molar-refractivity contribution in [3.8, 4) is 0 Å². The number of aromatic amines is 1.